The molecule has 0 aliphatic heterocycles. The van der Waals surface area contributed by atoms with Crippen LogP contribution in [0.4, 0.5) is 14.6 Å². The van der Waals surface area contributed by atoms with Crippen molar-refractivity contribution in [2.45, 2.75) is 19.5 Å². The summed E-state index contributed by atoms with van der Waals surface area (Å²) in [6.07, 6.45) is -1.61. The van der Waals surface area contributed by atoms with Crippen molar-refractivity contribution < 1.29 is 13.9 Å². The third-order valence-corrected chi connectivity index (χ3v) is 2.04. The Bertz CT molecular complexity index is 318. The van der Waals surface area contributed by atoms with Crippen LogP contribution in [0.1, 0.15) is 18.6 Å². The summed E-state index contributed by atoms with van der Waals surface area (Å²) in [6, 6.07) is 3.34. The molecule has 0 bridgehead atoms. The van der Waals surface area contributed by atoms with Crippen molar-refractivity contribution in [2.75, 3.05) is 18.5 Å². The molecule has 15 heavy (non-hydrogen) atoms. The molecule has 0 aliphatic rings. The maximum absolute atomic E-state index is 12.2. The smallest absolute Gasteiger partial charge is 0.255 e. The van der Waals surface area contributed by atoms with Crippen molar-refractivity contribution in [1.29, 1.82) is 0 Å². The molecule has 3 nitrogen and oxygen atoms in total. The molecular weight excluding hydrogens is 202 g/mol. The molecule has 0 spiro atoms. The average molecular weight is 216 g/mol. The molecule has 1 atom stereocenters. The summed E-state index contributed by atoms with van der Waals surface area (Å²) in [5, 5.41) is 9.43. The fourth-order valence-corrected chi connectivity index (χ4v) is 1.35. The maximum atomic E-state index is 12.2. The minimum atomic E-state index is -2.42. The van der Waals surface area contributed by atoms with E-state index in [1.807, 2.05) is 0 Å². The summed E-state index contributed by atoms with van der Waals surface area (Å²) in [6.45, 7) is 1.19. The highest BCUT2D eigenvalue weighted by Gasteiger charge is 2.15. The van der Waals surface area contributed by atoms with Gasteiger partial charge in [0.25, 0.3) is 6.43 Å². The van der Waals surface area contributed by atoms with Gasteiger partial charge in [-0.15, -0.1) is 0 Å². The van der Waals surface area contributed by atoms with Crippen molar-refractivity contribution in [3.8, 4) is 0 Å². The van der Waals surface area contributed by atoms with E-state index in [1.165, 1.54) is 18.1 Å². The zero-order valence-corrected chi connectivity index (χ0v) is 8.69. The van der Waals surface area contributed by atoms with Gasteiger partial charge in [0.2, 0.25) is 0 Å². The number of anilines is 1. The Morgan fingerprint density at radius 2 is 2.20 bits per heavy atom. The van der Waals surface area contributed by atoms with E-state index in [0.29, 0.717) is 11.4 Å². The first-order chi connectivity index (χ1) is 7.02. The van der Waals surface area contributed by atoms with Crippen LogP contribution in [0.3, 0.4) is 0 Å². The van der Waals surface area contributed by atoms with Gasteiger partial charge in [0.15, 0.2) is 0 Å². The summed E-state index contributed by atoms with van der Waals surface area (Å²) in [5.74, 6) is 0.396. The molecule has 1 aromatic heterocycles. The number of nitrogens with zero attached hydrogens (tertiary/aromatic N) is 2. The van der Waals surface area contributed by atoms with E-state index in [9.17, 15) is 13.9 Å². The lowest BCUT2D eigenvalue weighted by molar-refractivity contribution is 0.155. The number of aliphatic hydroxyl groups excluding tert-OH is 1. The standard InChI is InChI=1S/C10H14F2N2O/c1-7(15)8-4-3-5-13-10(8)14(2)6-9(11)12/h3-5,7,9,15H,6H2,1-2H3/t7-/m1/s1. The molecular formula is C10H14F2N2O. The molecule has 0 saturated heterocycles. The third-order valence-electron chi connectivity index (χ3n) is 2.04. The van der Waals surface area contributed by atoms with Gasteiger partial charge in [0, 0.05) is 18.8 Å². The van der Waals surface area contributed by atoms with Crippen LogP contribution in [0.15, 0.2) is 18.3 Å². The van der Waals surface area contributed by atoms with Crippen LogP contribution in [-0.2, 0) is 0 Å². The second-order valence-corrected chi connectivity index (χ2v) is 3.36. The first-order valence-corrected chi connectivity index (χ1v) is 4.64. The summed E-state index contributed by atoms with van der Waals surface area (Å²) in [4.78, 5) is 5.33. The topological polar surface area (TPSA) is 36.4 Å². The molecule has 5 heteroatoms. The molecule has 0 fully saturated rings. The first kappa shape index (κ1) is 11.8. The van der Waals surface area contributed by atoms with Gasteiger partial charge in [0.05, 0.1) is 12.6 Å². The first-order valence-electron chi connectivity index (χ1n) is 4.64. The van der Waals surface area contributed by atoms with E-state index in [0.717, 1.165) is 0 Å². The van der Waals surface area contributed by atoms with Gasteiger partial charge in [-0.3, -0.25) is 0 Å². The van der Waals surface area contributed by atoms with Crippen molar-refractivity contribution in [1.82, 2.24) is 4.98 Å². The van der Waals surface area contributed by atoms with Crippen LogP contribution in [-0.4, -0.2) is 30.1 Å². The highest BCUT2D eigenvalue weighted by Crippen LogP contribution is 2.22. The Hall–Kier alpha value is -1.23. The number of aromatic nitrogens is 1. The van der Waals surface area contributed by atoms with Gasteiger partial charge in [-0.25, -0.2) is 13.8 Å². The number of pyridine rings is 1. The van der Waals surface area contributed by atoms with Crippen LogP contribution in [0.25, 0.3) is 0 Å². The van der Waals surface area contributed by atoms with Gasteiger partial charge in [-0.05, 0) is 13.0 Å². The molecule has 0 aliphatic carbocycles. The molecule has 0 aromatic carbocycles. The molecule has 1 N–H and O–H groups in total. The van der Waals surface area contributed by atoms with Crippen molar-refractivity contribution >= 4 is 5.82 Å². The predicted molar refractivity (Wildman–Crippen MR) is 54.1 cm³/mol. The van der Waals surface area contributed by atoms with Crippen LogP contribution in [0.5, 0.6) is 0 Å². The second-order valence-electron chi connectivity index (χ2n) is 3.36. The lowest BCUT2D eigenvalue weighted by atomic mass is 10.1. The molecule has 0 unspecified atom stereocenters. The van der Waals surface area contributed by atoms with Crippen LogP contribution < -0.4 is 4.90 Å². The number of alkyl halides is 2. The Kier molecular flexibility index (Phi) is 3.96. The van der Waals surface area contributed by atoms with Gasteiger partial charge in [0.1, 0.15) is 5.82 Å². The minimum Gasteiger partial charge on any atom is -0.389 e. The summed E-state index contributed by atoms with van der Waals surface area (Å²) in [5.41, 5.74) is 0.556. The fraction of sp³-hybridized carbons (Fsp3) is 0.500. The van der Waals surface area contributed by atoms with Gasteiger partial charge in [-0.2, -0.15) is 0 Å². The van der Waals surface area contributed by atoms with E-state index < -0.39 is 19.1 Å². The monoisotopic (exact) mass is 216 g/mol. The number of rotatable bonds is 4. The van der Waals surface area contributed by atoms with Crippen LogP contribution in [0, 0.1) is 0 Å². The van der Waals surface area contributed by atoms with Crippen molar-refractivity contribution in [3.05, 3.63) is 23.9 Å². The van der Waals surface area contributed by atoms with E-state index >= 15 is 0 Å². The van der Waals surface area contributed by atoms with Crippen molar-refractivity contribution in [3.63, 3.8) is 0 Å². The van der Waals surface area contributed by atoms with Gasteiger partial charge < -0.3 is 10.0 Å². The molecule has 84 valence electrons. The Morgan fingerprint density at radius 1 is 1.53 bits per heavy atom. The quantitative estimate of drug-likeness (QED) is 0.834. The lowest BCUT2D eigenvalue weighted by Crippen LogP contribution is -2.26. The Balaban J connectivity index is 2.92. The molecule has 1 heterocycles. The van der Waals surface area contributed by atoms with E-state index in [-0.39, 0.29) is 0 Å². The number of hydrogen-bond acceptors (Lipinski definition) is 3. The minimum absolute atomic E-state index is 0.392. The molecule has 1 rings (SSSR count). The second kappa shape index (κ2) is 5.02. The predicted octanol–water partition coefficient (Wildman–Crippen LogP) is 1.84. The van der Waals surface area contributed by atoms with Crippen molar-refractivity contribution in [2.24, 2.45) is 0 Å². The summed E-state index contributed by atoms with van der Waals surface area (Å²) >= 11 is 0. The average Bonchev–Trinajstić information content (AvgIpc) is 2.16. The molecule has 0 saturated carbocycles. The van der Waals surface area contributed by atoms with E-state index in [1.54, 1.807) is 19.1 Å². The Labute approximate surface area is 87.4 Å². The zero-order valence-electron chi connectivity index (χ0n) is 8.69. The number of halogens is 2. The SMILES string of the molecule is C[C@@H](O)c1cccnc1N(C)CC(F)F. The Morgan fingerprint density at radius 3 is 2.73 bits per heavy atom. The molecule has 1 aromatic rings. The third kappa shape index (κ3) is 3.13. The fourth-order valence-electron chi connectivity index (χ4n) is 1.35. The molecule has 0 amide bonds. The maximum Gasteiger partial charge on any atom is 0.255 e. The normalized spacial score (nSPS) is 12.9. The summed E-state index contributed by atoms with van der Waals surface area (Å²) in [7, 11) is 1.53. The zero-order chi connectivity index (χ0) is 11.4. The van der Waals surface area contributed by atoms with E-state index in [2.05, 4.69) is 4.98 Å². The van der Waals surface area contributed by atoms with Gasteiger partial charge >= 0.3 is 0 Å². The van der Waals surface area contributed by atoms with Crippen LogP contribution in [0.2, 0.25) is 0 Å². The number of hydrogen-bond donors (Lipinski definition) is 1. The van der Waals surface area contributed by atoms with Crippen LogP contribution >= 0.6 is 0 Å². The van der Waals surface area contributed by atoms with Gasteiger partial charge in [-0.1, -0.05) is 6.07 Å². The molecule has 0 radical (unpaired) electrons. The lowest BCUT2D eigenvalue weighted by Gasteiger charge is -2.21. The number of aliphatic hydroxyl groups is 1. The highest BCUT2D eigenvalue weighted by atomic mass is 19.3. The largest absolute Gasteiger partial charge is 0.389 e. The summed E-state index contributed by atoms with van der Waals surface area (Å²) < 4.78 is 24.3. The highest BCUT2D eigenvalue weighted by molar-refractivity contribution is 5.47. The van der Waals surface area contributed by atoms with E-state index in [4.69, 9.17) is 0 Å².